The number of aliphatic hydroxyl groups excluding tert-OH is 4. The van der Waals surface area contributed by atoms with Gasteiger partial charge in [0.2, 0.25) is 0 Å². The minimum absolute atomic E-state index is 0.116. The van der Waals surface area contributed by atoms with Crippen LogP contribution in [-0.4, -0.2) is 89.6 Å². The van der Waals surface area contributed by atoms with E-state index in [0.717, 1.165) is 51.4 Å². The second-order valence-electron chi connectivity index (χ2n) is 18.3. The third kappa shape index (κ3) is 36.2. The summed E-state index contributed by atoms with van der Waals surface area (Å²) in [5.41, 5.74) is 0. The number of rotatable bonds is 46. The monoisotopic (exact) mass is 893 g/mol. The SMILES string of the molecule is CCCC/C=C\C/C=C\CCCCCCCCOCC(COC1OC(CO)C(O)C(O)C1O)OC(=O)CCCCCCCCCCCCCCC/C=C\CCCCCCCCCC. The normalized spacial score (nSPS) is 19.9. The number of carbonyl (C=O) groups excluding carboxylic acids is 1. The number of unbranched alkanes of at least 4 members (excludes halogenated alkanes) is 29. The van der Waals surface area contributed by atoms with Gasteiger partial charge in [-0.05, 0) is 64.2 Å². The van der Waals surface area contributed by atoms with Crippen LogP contribution in [0.1, 0.15) is 239 Å². The number of hydrogen-bond acceptors (Lipinski definition) is 9. The second kappa shape index (κ2) is 45.6. The van der Waals surface area contributed by atoms with Gasteiger partial charge in [-0.1, -0.05) is 204 Å². The fraction of sp³-hybridized carbons (Fsp3) is 0.870. The highest BCUT2D eigenvalue weighted by Gasteiger charge is 2.44. The van der Waals surface area contributed by atoms with Gasteiger partial charge < -0.3 is 39.4 Å². The number of ether oxygens (including phenoxy) is 4. The van der Waals surface area contributed by atoms with E-state index in [0.29, 0.717) is 13.0 Å². The van der Waals surface area contributed by atoms with Crippen LogP contribution in [0, 0.1) is 0 Å². The molecule has 1 rings (SSSR count). The Kier molecular flexibility index (Phi) is 43.0. The molecule has 9 nitrogen and oxygen atoms in total. The van der Waals surface area contributed by atoms with E-state index < -0.39 is 43.4 Å². The molecular weight excluding hydrogens is 793 g/mol. The first-order valence-electron chi connectivity index (χ1n) is 26.6. The average Bonchev–Trinajstić information content (AvgIpc) is 3.28. The number of aliphatic hydroxyl groups is 4. The molecule has 4 N–H and O–H groups in total. The van der Waals surface area contributed by atoms with Gasteiger partial charge in [-0.2, -0.15) is 0 Å². The van der Waals surface area contributed by atoms with Gasteiger partial charge in [0, 0.05) is 13.0 Å². The van der Waals surface area contributed by atoms with E-state index in [-0.39, 0.29) is 19.2 Å². The lowest BCUT2D eigenvalue weighted by atomic mass is 9.99. The molecule has 9 heteroatoms. The Bertz CT molecular complexity index is 1060. The Hall–Kier alpha value is -1.59. The first-order valence-corrected chi connectivity index (χ1v) is 26.6. The minimum atomic E-state index is -1.54. The lowest BCUT2D eigenvalue weighted by Gasteiger charge is -2.39. The Labute approximate surface area is 387 Å². The van der Waals surface area contributed by atoms with Crippen LogP contribution < -0.4 is 0 Å². The van der Waals surface area contributed by atoms with Gasteiger partial charge in [0.25, 0.3) is 0 Å². The molecule has 63 heavy (non-hydrogen) atoms. The van der Waals surface area contributed by atoms with Gasteiger partial charge in [0.1, 0.15) is 30.5 Å². The van der Waals surface area contributed by atoms with Crippen molar-refractivity contribution in [2.24, 2.45) is 0 Å². The lowest BCUT2D eigenvalue weighted by molar-refractivity contribution is -0.305. The third-order valence-electron chi connectivity index (χ3n) is 12.3. The molecule has 0 saturated carbocycles. The first-order chi connectivity index (χ1) is 30.9. The highest BCUT2D eigenvalue weighted by molar-refractivity contribution is 5.69. The van der Waals surface area contributed by atoms with Crippen molar-refractivity contribution in [1.29, 1.82) is 0 Å². The van der Waals surface area contributed by atoms with Crippen molar-refractivity contribution < 1.29 is 44.2 Å². The van der Waals surface area contributed by atoms with Crippen molar-refractivity contribution in [3.05, 3.63) is 36.5 Å². The molecule has 0 spiro atoms. The Morgan fingerprint density at radius 2 is 0.937 bits per heavy atom. The van der Waals surface area contributed by atoms with Crippen molar-refractivity contribution >= 4 is 5.97 Å². The standard InChI is InChI=1S/C54H100O9/c1-3-5-7-9-11-13-15-17-19-20-21-22-23-24-25-26-27-28-29-31-33-35-37-39-41-43-50(56)62-48(47-61-54-53(59)52(58)51(57)49(45-55)63-54)46-60-44-42-40-38-36-34-32-30-18-16-14-12-10-8-6-4-2/h10,12,16,18,20-21,48-49,51-55,57-59H,3-9,11,13-15,17,19,22-47H2,1-2H3/b12-10-,18-16-,21-20-. The van der Waals surface area contributed by atoms with Crippen LogP contribution in [0.25, 0.3) is 0 Å². The van der Waals surface area contributed by atoms with Gasteiger partial charge >= 0.3 is 5.97 Å². The summed E-state index contributed by atoms with van der Waals surface area (Å²) in [7, 11) is 0. The minimum Gasteiger partial charge on any atom is -0.457 e. The summed E-state index contributed by atoms with van der Waals surface area (Å²) < 4.78 is 22.9. The summed E-state index contributed by atoms with van der Waals surface area (Å²) in [4.78, 5) is 12.8. The molecule has 1 saturated heterocycles. The number of esters is 1. The van der Waals surface area contributed by atoms with Gasteiger partial charge in [-0.15, -0.1) is 0 Å². The predicted octanol–water partition coefficient (Wildman–Crippen LogP) is 13.1. The third-order valence-corrected chi connectivity index (χ3v) is 12.3. The van der Waals surface area contributed by atoms with Crippen molar-refractivity contribution in [3.63, 3.8) is 0 Å². The number of allylic oxidation sites excluding steroid dienone is 6. The van der Waals surface area contributed by atoms with E-state index in [1.54, 1.807) is 0 Å². The maximum absolute atomic E-state index is 12.8. The van der Waals surface area contributed by atoms with Crippen LogP contribution in [0.4, 0.5) is 0 Å². The van der Waals surface area contributed by atoms with E-state index in [4.69, 9.17) is 18.9 Å². The van der Waals surface area contributed by atoms with Crippen LogP contribution in [0.15, 0.2) is 36.5 Å². The second-order valence-corrected chi connectivity index (χ2v) is 18.3. The Morgan fingerprint density at radius 3 is 1.43 bits per heavy atom. The topological polar surface area (TPSA) is 135 Å². The Morgan fingerprint density at radius 1 is 0.508 bits per heavy atom. The molecule has 0 aromatic rings. The first kappa shape index (κ1) is 59.4. The fourth-order valence-corrected chi connectivity index (χ4v) is 8.09. The van der Waals surface area contributed by atoms with Crippen molar-refractivity contribution in [2.45, 2.75) is 275 Å². The molecule has 1 aliphatic heterocycles. The summed E-state index contributed by atoms with van der Waals surface area (Å²) in [5.74, 6) is -0.315. The highest BCUT2D eigenvalue weighted by atomic mass is 16.7. The van der Waals surface area contributed by atoms with Gasteiger partial charge in [0.05, 0.1) is 19.8 Å². The molecule has 1 aliphatic rings. The number of hydrogen-bond donors (Lipinski definition) is 4. The summed E-state index contributed by atoms with van der Waals surface area (Å²) in [6.07, 6.45) is 49.0. The van der Waals surface area contributed by atoms with E-state index in [9.17, 15) is 25.2 Å². The molecule has 0 radical (unpaired) electrons. The summed E-state index contributed by atoms with van der Waals surface area (Å²) in [5, 5.41) is 40.2. The molecule has 0 bridgehead atoms. The molecule has 0 amide bonds. The number of carbonyl (C=O) groups is 1. The molecule has 6 atom stereocenters. The van der Waals surface area contributed by atoms with Crippen molar-refractivity contribution in [1.82, 2.24) is 0 Å². The zero-order valence-electron chi connectivity index (χ0n) is 40.8. The quantitative estimate of drug-likeness (QED) is 0.0268. The van der Waals surface area contributed by atoms with Crippen LogP contribution >= 0.6 is 0 Å². The predicted molar refractivity (Wildman–Crippen MR) is 261 cm³/mol. The lowest BCUT2D eigenvalue weighted by Crippen LogP contribution is -2.59. The largest absolute Gasteiger partial charge is 0.457 e. The molecule has 1 fully saturated rings. The molecule has 1 heterocycles. The van der Waals surface area contributed by atoms with E-state index in [1.165, 1.54) is 167 Å². The zero-order valence-corrected chi connectivity index (χ0v) is 40.8. The molecule has 0 aromatic heterocycles. The molecular formula is C54H100O9. The zero-order chi connectivity index (χ0) is 45.7. The van der Waals surface area contributed by atoms with E-state index in [1.807, 2.05) is 0 Å². The maximum Gasteiger partial charge on any atom is 0.306 e. The molecule has 0 aromatic carbocycles. The molecule has 0 aliphatic carbocycles. The molecule has 370 valence electrons. The van der Waals surface area contributed by atoms with Gasteiger partial charge in [-0.3, -0.25) is 4.79 Å². The summed E-state index contributed by atoms with van der Waals surface area (Å²) in [6, 6.07) is 0. The van der Waals surface area contributed by atoms with E-state index in [2.05, 4.69) is 50.3 Å². The highest BCUT2D eigenvalue weighted by Crippen LogP contribution is 2.23. The van der Waals surface area contributed by atoms with Crippen LogP contribution in [0.5, 0.6) is 0 Å². The smallest absolute Gasteiger partial charge is 0.306 e. The van der Waals surface area contributed by atoms with Crippen LogP contribution in [0.3, 0.4) is 0 Å². The van der Waals surface area contributed by atoms with Crippen molar-refractivity contribution in [2.75, 3.05) is 26.4 Å². The van der Waals surface area contributed by atoms with Crippen LogP contribution in [0.2, 0.25) is 0 Å². The van der Waals surface area contributed by atoms with Gasteiger partial charge in [-0.25, -0.2) is 0 Å². The van der Waals surface area contributed by atoms with Crippen molar-refractivity contribution in [3.8, 4) is 0 Å². The summed E-state index contributed by atoms with van der Waals surface area (Å²) >= 11 is 0. The maximum atomic E-state index is 12.8. The average molecular weight is 893 g/mol. The fourth-order valence-electron chi connectivity index (χ4n) is 8.09. The Balaban J connectivity index is 2.16. The van der Waals surface area contributed by atoms with Gasteiger partial charge in [0.15, 0.2) is 6.29 Å². The molecule has 6 unspecified atom stereocenters. The van der Waals surface area contributed by atoms with E-state index >= 15 is 0 Å². The summed E-state index contributed by atoms with van der Waals surface area (Å²) in [6.45, 7) is 4.53. The van der Waals surface area contributed by atoms with Crippen LogP contribution in [-0.2, 0) is 23.7 Å².